The number of hydrogen-bond donors (Lipinski definition) is 0. The standard InChI is InChI=1S/C18H17NO4/c1-9(20)15-13-12-8-22-18(23-12)17(21)14(13)16-11-5-3-2-4-10(11)6-7-19(15)16/h2-7,12-16,18H,8H2,1H3/t12-,13+,14+,15+,16+,18+/m0/s1. The molecule has 2 bridgehead atoms. The van der Waals surface area contributed by atoms with Crippen LogP contribution in [0.15, 0.2) is 30.5 Å². The van der Waals surface area contributed by atoms with Crippen molar-refractivity contribution in [3.05, 3.63) is 41.6 Å². The van der Waals surface area contributed by atoms with Gasteiger partial charge in [-0.25, -0.2) is 0 Å². The Hall–Kier alpha value is -1.98. The first-order chi connectivity index (χ1) is 11.2. The number of carbonyl (C=O) groups excluding carboxylic acids is 2. The maximum Gasteiger partial charge on any atom is 0.218 e. The summed E-state index contributed by atoms with van der Waals surface area (Å²) in [6, 6.07) is 7.66. The zero-order chi connectivity index (χ0) is 15.7. The molecule has 4 aliphatic heterocycles. The molecule has 118 valence electrons. The molecule has 1 aromatic carbocycles. The van der Waals surface area contributed by atoms with Crippen molar-refractivity contribution in [3.63, 3.8) is 0 Å². The average molecular weight is 311 g/mol. The first-order valence-electron chi connectivity index (χ1n) is 8.02. The highest BCUT2D eigenvalue weighted by molar-refractivity contribution is 5.91. The van der Waals surface area contributed by atoms with Gasteiger partial charge in [0.05, 0.1) is 30.7 Å². The maximum absolute atomic E-state index is 12.9. The van der Waals surface area contributed by atoms with E-state index in [0.29, 0.717) is 6.61 Å². The molecule has 4 heterocycles. The molecule has 6 atom stereocenters. The third-order valence-corrected chi connectivity index (χ3v) is 5.62. The summed E-state index contributed by atoms with van der Waals surface area (Å²) in [5, 5.41) is 0. The largest absolute Gasteiger partial charge is 0.359 e. The van der Waals surface area contributed by atoms with Crippen LogP contribution in [0.5, 0.6) is 0 Å². The van der Waals surface area contributed by atoms with E-state index in [-0.39, 0.29) is 41.6 Å². The minimum absolute atomic E-state index is 0.0207. The van der Waals surface area contributed by atoms with E-state index in [2.05, 4.69) is 11.0 Å². The summed E-state index contributed by atoms with van der Waals surface area (Å²) in [5.41, 5.74) is 2.23. The number of hydrogen-bond acceptors (Lipinski definition) is 5. The van der Waals surface area contributed by atoms with Gasteiger partial charge in [0.2, 0.25) is 6.29 Å². The number of benzene rings is 1. The molecular formula is C18H17NO4. The molecule has 5 rings (SSSR count). The van der Waals surface area contributed by atoms with Crippen LogP contribution < -0.4 is 0 Å². The van der Waals surface area contributed by atoms with E-state index in [1.807, 2.05) is 30.5 Å². The van der Waals surface area contributed by atoms with Gasteiger partial charge in [-0.05, 0) is 24.1 Å². The number of fused-ring (bicyclic) bond motifs is 8. The van der Waals surface area contributed by atoms with Crippen LogP contribution in [0.2, 0.25) is 0 Å². The van der Waals surface area contributed by atoms with Gasteiger partial charge in [0.25, 0.3) is 0 Å². The predicted octanol–water partition coefficient (Wildman–Crippen LogP) is 1.54. The molecule has 0 spiro atoms. The van der Waals surface area contributed by atoms with E-state index in [1.54, 1.807) is 6.92 Å². The molecular weight excluding hydrogens is 294 g/mol. The highest BCUT2D eigenvalue weighted by Gasteiger charge is 2.63. The molecule has 0 aliphatic carbocycles. The third-order valence-electron chi connectivity index (χ3n) is 5.62. The molecule has 0 amide bonds. The smallest absolute Gasteiger partial charge is 0.218 e. The molecule has 0 unspecified atom stereocenters. The van der Waals surface area contributed by atoms with Crippen molar-refractivity contribution >= 4 is 17.6 Å². The Bertz CT molecular complexity index is 742. The second-order valence-corrected chi connectivity index (χ2v) is 6.74. The Balaban J connectivity index is 1.70. The van der Waals surface area contributed by atoms with Gasteiger partial charge in [-0.3, -0.25) is 9.59 Å². The fourth-order valence-corrected chi connectivity index (χ4v) is 4.79. The SMILES string of the molecule is CC(=O)[C@@H]1[C@H]2[C@@H](C(=O)[C@@H]3OC[C@@H]2O3)[C@H]2c3ccccc3C=CN12. The van der Waals surface area contributed by atoms with Crippen molar-refractivity contribution in [1.29, 1.82) is 0 Å². The number of Topliss-reactive ketones (excluding diaryl/α,β-unsaturated/α-hetero) is 2. The van der Waals surface area contributed by atoms with Gasteiger partial charge in [-0.1, -0.05) is 24.3 Å². The van der Waals surface area contributed by atoms with E-state index < -0.39 is 6.29 Å². The van der Waals surface area contributed by atoms with E-state index in [9.17, 15) is 9.59 Å². The number of ether oxygens (including phenoxy) is 2. The predicted molar refractivity (Wildman–Crippen MR) is 81.1 cm³/mol. The normalized spacial score (nSPS) is 39.9. The van der Waals surface area contributed by atoms with Gasteiger partial charge >= 0.3 is 0 Å². The molecule has 0 saturated carbocycles. The number of nitrogens with zero attached hydrogens (tertiary/aromatic N) is 1. The first-order valence-corrected chi connectivity index (χ1v) is 8.02. The van der Waals surface area contributed by atoms with Crippen LogP contribution in [0.1, 0.15) is 24.1 Å². The van der Waals surface area contributed by atoms with E-state index in [0.717, 1.165) is 11.1 Å². The molecule has 4 aliphatic rings. The summed E-state index contributed by atoms with van der Waals surface area (Å²) in [6.45, 7) is 2.00. The summed E-state index contributed by atoms with van der Waals surface area (Å²) in [6.07, 6.45) is 3.06. The van der Waals surface area contributed by atoms with E-state index >= 15 is 0 Å². The monoisotopic (exact) mass is 311 g/mol. The minimum atomic E-state index is -0.758. The van der Waals surface area contributed by atoms with Gasteiger partial charge in [-0.2, -0.15) is 0 Å². The molecule has 0 N–H and O–H groups in total. The summed E-state index contributed by atoms with van der Waals surface area (Å²) in [5.74, 6) is -0.332. The summed E-state index contributed by atoms with van der Waals surface area (Å²) >= 11 is 0. The van der Waals surface area contributed by atoms with Gasteiger partial charge in [0, 0.05) is 12.1 Å². The third kappa shape index (κ3) is 1.64. The lowest BCUT2D eigenvalue weighted by Gasteiger charge is -2.34. The van der Waals surface area contributed by atoms with Gasteiger partial charge < -0.3 is 14.4 Å². The fourth-order valence-electron chi connectivity index (χ4n) is 4.79. The maximum atomic E-state index is 12.9. The molecule has 3 saturated heterocycles. The highest BCUT2D eigenvalue weighted by atomic mass is 16.7. The topological polar surface area (TPSA) is 55.8 Å². The Morgan fingerprint density at radius 1 is 1.30 bits per heavy atom. The van der Waals surface area contributed by atoms with Crippen molar-refractivity contribution in [1.82, 2.24) is 4.90 Å². The molecule has 0 radical (unpaired) electrons. The van der Waals surface area contributed by atoms with Crippen molar-refractivity contribution < 1.29 is 19.1 Å². The van der Waals surface area contributed by atoms with Crippen LogP contribution in [-0.4, -0.2) is 41.5 Å². The molecule has 3 fully saturated rings. The zero-order valence-corrected chi connectivity index (χ0v) is 12.7. The average Bonchev–Trinajstić information content (AvgIpc) is 3.13. The molecule has 23 heavy (non-hydrogen) atoms. The van der Waals surface area contributed by atoms with Crippen LogP contribution in [0, 0.1) is 11.8 Å². The van der Waals surface area contributed by atoms with Crippen molar-refractivity contribution in [2.45, 2.75) is 31.4 Å². The number of ketones is 2. The second kappa shape index (κ2) is 4.52. The van der Waals surface area contributed by atoms with Crippen molar-refractivity contribution in [2.24, 2.45) is 11.8 Å². The Morgan fingerprint density at radius 3 is 2.96 bits per heavy atom. The molecule has 0 aromatic heterocycles. The lowest BCUT2D eigenvalue weighted by Crippen LogP contribution is -2.47. The van der Waals surface area contributed by atoms with Crippen LogP contribution >= 0.6 is 0 Å². The number of rotatable bonds is 1. The second-order valence-electron chi connectivity index (χ2n) is 6.74. The molecule has 5 nitrogen and oxygen atoms in total. The van der Waals surface area contributed by atoms with Gasteiger partial charge in [0.15, 0.2) is 11.6 Å². The van der Waals surface area contributed by atoms with E-state index in [4.69, 9.17) is 9.47 Å². The quantitative estimate of drug-likeness (QED) is 0.787. The summed E-state index contributed by atoms with van der Waals surface area (Å²) in [7, 11) is 0. The first kappa shape index (κ1) is 13.5. The summed E-state index contributed by atoms with van der Waals surface area (Å²) in [4.78, 5) is 27.3. The molecule has 1 aromatic rings. The van der Waals surface area contributed by atoms with Gasteiger partial charge in [-0.15, -0.1) is 0 Å². The lowest BCUT2D eigenvalue weighted by molar-refractivity contribution is -0.165. The Kier molecular flexibility index (Phi) is 2.65. The number of carbonyl (C=O) groups is 2. The van der Waals surface area contributed by atoms with Crippen LogP contribution in [-0.2, 0) is 19.1 Å². The Morgan fingerprint density at radius 2 is 2.13 bits per heavy atom. The Labute approximate surface area is 133 Å². The van der Waals surface area contributed by atoms with Crippen LogP contribution in [0.4, 0.5) is 0 Å². The van der Waals surface area contributed by atoms with Crippen LogP contribution in [0.3, 0.4) is 0 Å². The minimum Gasteiger partial charge on any atom is -0.359 e. The van der Waals surface area contributed by atoms with Crippen LogP contribution in [0.25, 0.3) is 6.08 Å². The van der Waals surface area contributed by atoms with Crippen molar-refractivity contribution in [3.8, 4) is 0 Å². The molecule has 5 heteroatoms. The van der Waals surface area contributed by atoms with E-state index in [1.165, 1.54) is 0 Å². The summed E-state index contributed by atoms with van der Waals surface area (Å²) < 4.78 is 11.2. The fraction of sp³-hybridized carbons (Fsp3) is 0.444. The zero-order valence-electron chi connectivity index (χ0n) is 12.7. The highest BCUT2D eigenvalue weighted by Crippen LogP contribution is 2.54. The lowest BCUT2D eigenvalue weighted by atomic mass is 9.76. The van der Waals surface area contributed by atoms with Gasteiger partial charge in [0.1, 0.15) is 0 Å². The van der Waals surface area contributed by atoms with Crippen molar-refractivity contribution in [2.75, 3.05) is 6.61 Å².